The van der Waals surface area contributed by atoms with Gasteiger partial charge in [0.2, 0.25) is 0 Å². The Labute approximate surface area is 152 Å². The molecule has 2 atom stereocenters. The third-order valence-corrected chi connectivity index (χ3v) is 5.31. The zero-order valence-electron chi connectivity index (χ0n) is 16.5. The Bertz CT molecular complexity index is 562. The van der Waals surface area contributed by atoms with Crippen LogP contribution in [0.2, 0.25) is 0 Å². The van der Waals surface area contributed by atoms with E-state index < -0.39 is 12.0 Å². The normalized spacial score (nSPS) is 21.2. The quantitative estimate of drug-likeness (QED) is 0.848. The fourth-order valence-corrected chi connectivity index (χ4v) is 3.80. The smallest absolute Gasteiger partial charge is 0.325 e. The third kappa shape index (κ3) is 4.83. The number of piperazine rings is 1. The molecule has 2 rings (SSSR count). The summed E-state index contributed by atoms with van der Waals surface area (Å²) in [5.74, 6) is -0.748. The summed E-state index contributed by atoms with van der Waals surface area (Å²) < 4.78 is 0. The van der Waals surface area contributed by atoms with Gasteiger partial charge in [0.15, 0.2) is 0 Å². The number of carbonyl (C=O) groups is 1. The average Bonchev–Trinajstić information content (AvgIpc) is 2.56. The first-order valence-corrected chi connectivity index (χ1v) is 9.59. The second-order valence-electron chi connectivity index (χ2n) is 8.21. The van der Waals surface area contributed by atoms with Gasteiger partial charge in [0.1, 0.15) is 6.04 Å². The SMILES string of the molecule is CCCN1CCN(C(C(=O)O)c2ccc(C(C)(C)C)cc2)CC1CC. The van der Waals surface area contributed by atoms with E-state index in [-0.39, 0.29) is 5.41 Å². The fraction of sp³-hybridized carbons (Fsp3) is 0.667. The maximum Gasteiger partial charge on any atom is 0.325 e. The summed E-state index contributed by atoms with van der Waals surface area (Å²) in [6, 6.07) is 8.06. The monoisotopic (exact) mass is 346 g/mol. The van der Waals surface area contributed by atoms with Gasteiger partial charge in [-0.3, -0.25) is 14.6 Å². The molecule has 0 amide bonds. The first-order valence-electron chi connectivity index (χ1n) is 9.59. The lowest BCUT2D eigenvalue weighted by Gasteiger charge is -2.43. The summed E-state index contributed by atoms with van der Waals surface area (Å²) in [6.07, 6.45) is 2.21. The minimum atomic E-state index is -0.748. The van der Waals surface area contributed by atoms with E-state index in [1.807, 2.05) is 12.1 Å². The second-order valence-corrected chi connectivity index (χ2v) is 8.21. The molecule has 0 bridgehead atoms. The number of aliphatic carboxylic acids is 1. The Hall–Kier alpha value is -1.39. The van der Waals surface area contributed by atoms with Crippen molar-refractivity contribution in [3.8, 4) is 0 Å². The number of hydrogen-bond donors (Lipinski definition) is 1. The molecule has 0 aliphatic carbocycles. The van der Waals surface area contributed by atoms with Gasteiger partial charge in [0, 0.05) is 25.7 Å². The van der Waals surface area contributed by atoms with E-state index in [9.17, 15) is 9.90 Å². The minimum absolute atomic E-state index is 0.0797. The fourth-order valence-electron chi connectivity index (χ4n) is 3.80. The van der Waals surface area contributed by atoms with Gasteiger partial charge in [-0.25, -0.2) is 0 Å². The standard InChI is InChI=1S/C21H34N2O2/c1-6-12-22-13-14-23(15-18(22)7-2)19(20(24)25)16-8-10-17(11-9-16)21(3,4)5/h8-11,18-19H,6-7,12-15H2,1-5H3,(H,24,25). The molecule has 1 aliphatic heterocycles. The number of rotatable bonds is 6. The van der Waals surface area contributed by atoms with Crippen molar-refractivity contribution >= 4 is 5.97 Å². The Morgan fingerprint density at radius 2 is 1.84 bits per heavy atom. The third-order valence-electron chi connectivity index (χ3n) is 5.31. The summed E-state index contributed by atoms with van der Waals surface area (Å²) in [5, 5.41) is 9.88. The lowest BCUT2D eigenvalue weighted by atomic mass is 9.86. The Morgan fingerprint density at radius 3 is 2.32 bits per heavy atom. The molecule has 1 fully saturated rings. The molecule has 0 saturated carbocycles. The zero-order valence-corrected chi connectivity index (χ0v) is 16.5. The summed E-state index contributed by atoms with van der Waals surface area (Å²) in [7, 11) is 0. The zero-order chi connectivity index (χ0) is 18.6. The van der Waals surface area contributed by atoms with Gasteiger partial charge in [0.05, 0.1) is 0 Å². The molecule has 1 aromatic carbocycles. The van der Waals surface area contributed by atoms with E-state index in [1.165, 1.54) is 5.56 Å². The van der Waals surface area contributed by atoms with Crippen LogP contribution < -0.4 is 0 Å². The topological polar surface area (TPSA) is 43.8 Å². The van der Waals surface area contributed by atoms with Crippen LogP contribution >= 0.6 is 0 Å². The van der Waals surface area contributed by atoms with Crippen LogP contribution in [0.3, 0.4) is 0 Å². The van der Waals surface area contributed by atoms with Crippen LogP contribution in [0.5, 0.6) is 0 Å². The lowest BCUT2D eigenvalue weighted by Crippen LogP contribution is -2.54. The number of benzene rings is 1. The van der Waals surface area contributed by atoms with Crippen molar-refractivity contribution in [1.82, 2.24) is 9.80 Å². The molecule has 0 spiro atoms. The van der Waals surface area contributed by atoms with Crippen LogP contribution in [0, 0.1) is 0 Å². The maximum absolute atomic E-state index is 12.0. The van der Waals surface area contributed by atoms with Crippen LogP contribution in [-0.2, 0) is 10.2 Å². The predicted molar refractivity (Wildman–Crippen MR) is 103 cm³/mol. The molecule has 140 valence electrons. The largest absolute Gasteiger partial charge is 0.480 e. The number of hydrogen-bond acceptors (Lipinski definition) is 3. The molecule has 25 heavy (non-hydrogen) atoms. The highest BCUT2D eigenvalue weighted by atomic mass is 16.4. The van der Waals surface area contributed by atoms with Crippen LogP contribution in [0.15, 0.2) is 24.3 Å². The molecule has 1 saturated heterocycles. The van der Waals surface area contributed by atoms with E-state index in [0.29, 0.717) is 6.04 Å². The highest BCUT2D eigenvalue weighted by Crippen LogP contribution is 2.28. The highest BCUT2D eigenvalue weighted by molar-refractivity contribution is 5.75. The molecular weight excluding hydrogens is 312 g/mol. The van der Waals surface area contributed by atoms with Gasteiger partial charge >= 0.3 is 5.97 Å². The van der Waals surface area contributed by atoms with Crippen molar-refractivity contribution in [3.63, 3.8) is 0 Å². The van der Waals surface area contributed by atoms with Crippen LogP contribution in [0.1, 0.15) is 64.6 Å². The van der Waals surface area contributed by atoms with Crippen molar-refractivity contribution in [3.05, 3.63) is 35.4 Å². The Balaban J connectivity index is 2.20. The van der Waals surface area contributed by atoms with Crippen molar-refractivity contribution in [2.75, 3.05) is 26.2 Å². The Morgan fingerprint density at radius 1 is 1.20 bits per heavy atom. The predicted octanol–water partition coefficient (Wildman–Crippen LogP) is 3.92. The van der Waals surface area contributed by atoms with Crippen molar-refractivity contribution in [2.24, 2.45) is 0 Å². The minimum Gasteiger partial charge on any atom is -0.480 e. The Kier molecular flexibility index (Phi) is 6.64. The molecule has 2 unspecified atom stereocenters. The van der Waals surface area contributed by atoms with Crippen molar-refractivity contribution in [2.45, 2.75) is 65.0 Å². The van der Waals surface area contributed by atoms with Gasteiger partial charge in [-0.15, -0.1) is 0 Å². The number of carboxylic acids is 1. The molecular formula is C21H34N2O2. The molecule has 0 aromatic heterocycles. The first-order chi connectivity index (χ1) is 11.8. The molecule has 0 radical (unpaired) electrons. The van der Waals surface area contributed by atoms with Gasteiger partial charge in [-0.1, -0.05) is 58.9 Å². The first kappa shape index (κ1) is 19.9. The second kappa shape index (κ2) is 8.33. The molecule has 1 heterocycles. The average molecular weight is 347 g/mol. The number of carboxylic acid groups (broad SMARTS) is 1. The van der Waals surface area contributed by atoms with E-state index in [1.54, 1.807) is 0 Å². The summed E-state index contributed by atoms with van der Waals surface area (Å²) in [6.45, 7) is 14.6. The van der Waals surface area contributed by atoms with E-state index in [4.69, 9.17) is 0 Å². The number of nitrogens with zero attached hydrogens (tertiary/aromatic N) is 2. The van der Waals surface area contributed by atoms with E-state index >= 15 is 0 Å². The van der Waals surface area contributed by atoms with Crippen molar-refractivity contribution in [1.29, 1.82) is 0 Å². The highest BCUT2D eigenvalue weighted by Gasteiger charge is 2.34. The summed E-state index contributed by atoms with van der Waals surface area (Å²) in [5.41, 5.74) is 2.20. The van der Waals surface area contributed by atoms with Gasteiger partial charge < -0.3 is 5.11 Å². The molecule has 1 aliphatic rings. The molecule has 4 heteroatoms. The molecule has 1 N–H and O–H groups in total. The lowest BCUT2D eigenvalue weighted by molar-refractivity contribution is -0.145. The molecule has 1 aromatic rings. The molecule has 4 nitrogen and oxygen atoms in total. The van der Waals surface area contributed by atoms with Crippen LogP contribution in [0.4, 0.5) is 0 Å². The van der Waals surface area contributed by atoms with Gasteiger partial charge in [0.25, 0.3) is 0 Å². The van der Waals surface area contributed by atoms with Gasteiger partial charge in [-0.2, -0.15) is 0 Å². The van der Waals surface area contributed by atoms with Gasteiger partial charge in [-0.05, 0) is 35.9 Å². The van der Waals surface area contributed by atoms with E-state index in [0.717, 1.165) is 44.6 Å². The summed E-state index contributed by atoms with van der Waals surface area (Å²) in [4.78, 5) is 16.7. The van der Waals surface area contributed by atoms with E-state index in [2.05, 4.69) is 56.6 Å². The van der Waals surface area contributed by atoms with Crippen LogP contribution in [0.25, 0.3) is 0 Å². The summed E-state index contributed by atoms with van der Waals surface area (Å²) >= 11 is 0. The van der Waals surface area contributed by atoms with Crippen molar-refractivity contribution < 1.29 is 9.90 Å². The maximum atomic E-state index is 12.0. The van der Waals surface area contributed by atoms with Crippen LogP contribution in [-0.4, -0.2) is 53.1 Å².